The molecular formula is C9H22NO+. The standard InChI is InChI=1S/C9H22NO/c1-4-5-6-7-8-9-10(2,3)11/h11H,4-9H2,1-3H3/q+1. The molecule has 0 bridgehead atoms. The van der Waals surface area contributed by atoms with E-state index in [0.29, 0.717) is 0 Å². The molecule has 0 heterocycles. The van der Waals surface area contributed by atoms with Crippen molar-refractivity contribution in [1.29, 1.82) is 0 Å². The van der Waals surface area contributed by atoms with Crippen molar-refractivity contribution in [1.82, 2.24) is 0 Å². The van der Waals surface area contributed by atoms with Crippen molar-refractivity contribution >= 4 is 0 Å². The lowest BCUT2D eigenvalue weighted by molar-refractivity contribution is -1.07. The van der Waals surface area contributed by atoms with Crippen molar-refractivity contribution in [2.45, 2.75) is 39.0 Å². The summed E-state index contributed by atoms with van der Waals surface area (Å²) in [5.41, 5.74) is 0. The summed E-state index contributed by atoms with van der Waals surface area (Å²) in [6.45, 7) is 3.09. The minimum atomic E-state index is 0.117. The van der Waals surface area contributed by atoms with Crippen LogP contribution in [0.1, 0.15) is 39.0 Å². The Morgan fingerprint density at radius 1 is 1.00 bits per heavy atom. The van der Waals surface area contributed by atoms with Crippen molar-refractivity contribution in [2.24, 2.45) is 0 Å². The molecule has 0 rings (SSSR count). The van der Waals surface area contributed by atoms with Gasteiger partial charge in [0.15, 0.2) is 0 Å². The maximum Gasteiger partial charge on any atom is 0.108 e. The van der Waals surface area contributed by atoms with Gasteiger partial charge in [0.1, 0.15) is 6.54 Å². The van der Waals surface area contributed by atoms with Gasteiger partial charge in [0.05, 0.1) is 14.1 Å². The molecule has 0 saturated heterocycles. The van der Waals surface area contributed by atoms with Crippen LogP contribution in [-0.2, 0) is 0 Å². The van der Waals surface area contributed by atoms with Crippen LogP contribution in [0.15, 0.2) is 0 Å². The summed E-state index contributed by atoms with van der Waals surface area (Å²) in [5, 5.41) is 9.31. The Balaban J connectivity index is 3.02. The van der Waals surface area contributed by atoms with Crippen LogP contribution in [0.5, 0.6) is 0 Å². The van der Waals surface area contributed by atoms with E-state index >= 15 is 0 Å². The molecule has 11 heavy (non-hydrogen) atoms. The van der Waals surface area contributed by atoms with E-state index in [9.17, 15) is 5.21 Å². The van der Waals surface area contributed by atoms with Gasteiger partial charge in [0, 0.05) is 0 Å². The molecule has 0 aliphatic carbocycles. The molecule has 0 aromatic heterocycles. The minimum Gasteiger partial charge on any atom is -0.217 e. The lowest BCUT2D eigenvalue weighted by atomic mass is 10.1. The topological polar surface area (TPSA) is 20.2 Å². The molecule has 0 spiro atoms. The molecule has 0 aliphatic rings. The van der Waals surface area contributed by atoms with E-state index in [0.717, 1.165) is 13.0 Å². The number of rotatable bonds is 6. The van der Waals surface area contributed by atoms with Gasteiger partial charge in [-0.2, -0.15) is 4.65 Å². The lowest BCUT2D eigenvalue weighted by Gasteiger charge is -2.18. The molecule has 0 amide bonds. The molecule has 2 heteroatoms. The minimum absolute atomic E-state index is 0.117. The Kier molecular flexibility index (Phi) is 5.51. The second-order valence-electron chi connectivity index (χ2n) is 3.76. The Morgan fingerprint density at radius 3 is 2.00 bits per heavy atom. The van der Waals surface area contributed by atoms with E-state index in [2.05, 4.69) is 6.92 Å². The number of unbranched alkanes of at least 4 members (excludes halogenated alkanes) is 4. The zero-order valence-electron chi connectivity index (χ0n) is 8.14. The summed E-state index contributed by atoms with van der Waals surface area (Å²) in [6, 6.07) is 0. The average molecular weight is 160 g/mol. The SMILES string of the molecule is CCCCCCC[N+](C)(C)O. The zero-order valence-corrected chi connectivity index (χ0v) is 8.14. The third-order valence-corrected chi connectivity index (χ3v) is 1.81. The van der Waals surface area contributed by atoms with Crippen LogP contribution in [0.4, 0.5) is 0 Å². The van der Waals surface area contributed by atoms with Gasteiger partial charge in [0.2, 0.25) is 0 Å². The molecular weight excluding hydrogens is 138 g/mol. The molecule has 0 unspecified atom stereocenters. The fourth-order valence-electron chi connectivity index (χ4n) is 1.10. The predicted molar refractivity (Wildman–Crippen MR) is 47.5 cm³/mol. The van der Waals surface area contributed by atoms with Crippen molar-refractivity contribution in [2.75, 3.05) is 20.6 Å². The Hall–Kier alpha value is -0.0800. The van der Waals surface area contributed by atoms with Crippen LogP contribution in [0.3, 0.4) is 0 Å². The second kappa shape index (κ2) is 5.56. The third-order valence-electron chi connectivity index (χ3n) is 1.81. The second-order valence-corrected chi connectivity index (χ2v) is 3.76. The molecule has 0 saturated carbocycles. The van der Waals surface area contributed by atoms with Crippen LogP contribution < -0.4 is 0 Å². The molecule has 2 nitrogen and oxygen atoms in total. The normalized spacial score (nSPS) is 12.0. The summed E-state index contributed by atoms with van der Waals surface area (Å²) >= 11 is 0. The molecule has 0 fully saturated rings. The highest BCUT2D eigenvalue weighted by atomic mass is 16.5. The number of hydrogen-bond donors (Lipinski definition) is 1. The summed E-state index contributed by atoms with van der Waals surface area (Å²) in [6.07, 6.45) is 6.34. The number of hydrogen-bond acceptors (Lipinski definition) is 1. The van der Waals surface area contributed by atoms with Crippen LogP contribution >= 0.6 is 0 Å². The molecule has 68 valence electrons. The van der Waals surface area contributed by atoms with Crippen LogP contribution in [0.2, 0.25) is 0 Å². The van der Waals surface area contributed by atoms with Crippen molar-refractivity contribution in [3.8, 4) is 0 Å². The maximum atomic E-state index is 9.31. The first-order chi connectivity index (χ1) is 5.06. The van der Waals surface area contributed by atoms with Crippen molar-refractivity contribution in [3.05, 3.63) is 0 Å². The Morgan fingerprint density at radius 2 is 1.55 bits per heavy atom. The van der Waals surface area contributed by atoms with E-state index in [1.807, 2.05) is 14.1 Å². The molecule has 0 radical (unpaired) electrons. The lowest BCUT2D eigenvalue weighted by Crippen LogP contribution is -2.36. The molecule has 0 atom stereocenters. The summed E-state index contributed by atoms with van der Waals surface area (Å²) in [5.74, 6) is 0. The van der Waals surface area contributed by atoms with E-state index in [-0.39, 0.29) is 4.65 Å². The van der Waals surface area contributed by atoms with Gasteiger partial charge in [-0.1, -0.05) is 26.2 Å². The fraction of sp³-hybridized carbons (Fsp3) is 1.00. The highest BCUT2D eigenvalue weighted by molar-refractivity contribution is 4.40. The van der Waals surface area contributed by atoms with E-state index in [1.54, 1.807) is 0 Å². The van der Waals surface area contributed by atoms with Crippen molar-refractivity contribution < 1.29 is 9.85 Å². The molecule has 0 aromatic rings. The van der Waals surface area contributed by atoms with Crippen molar-refractivity contribution in [3.63, 3.8) is 0 Å². The van der Waals surface area contributed by atoms with Crippen LogP contribution in [0.25, 0.3) is 0 Å². The highest BCUT2D eigenvalue weighted by Gasteiger charge is 2.08. The van der Waals surface area contributed by atoms with E-state index in [4.69, 9.17) is 0 Å². The third kappa shape index (κ3) is 9.92. The maximum absolute atomic E-state index is 9.31. The zero-order chi connectivity index (χ0) is 8.74. The predicted octanol–water partition coefficient (Wildman–Crippen LogP) is 2.42. The molecule has 0 aromatic carbocycles. The van der Waals surface area contributed by atoms with Gasteiger partial charge < -0.3 is 0 Å². The van der Waals surface area contributed by atoms with Crippen LogP contribution in [0, 0.1) is 0 Å². The first-order valence-electron chi connectivity index (χ1n) is 4.62. The van der Waals surface area contributed by atoms with Gasteiger partial charge in [-0.25, -0.2) is 5.21 Å². The largest absolute Gasteiger partial charge is 0.217 e. The van der Waals surface area contributed by atoms with Gasteiger partial charge in [0.25, 0.3) is 0 Å². The number of quaternary nitrogens is 1. The van der Waals surface area contributed by atoms with Gasteiger partial charge >= 0.3 is 0 Å². The smallest absolute Gasteiger partial charge is 0.108 e. The van der Waals surface area contributed by atoms with Crippen LogP contribution in [-0.4, -0.2) is 30.5 Å². The monoisotopic (exact) mass is 160 g/mol. The first-order valence-corrected chi connectivity index (χ1v) is 4.62. The summed E-state index contributed by atoms with van der Waals surface area (Å²) in [4.78, 5) is 0. The van der Waals surface area contributed by atoms with E-state index < -0.39 is 0 Å². The number of nitrogens with zero attached hydrogens (tertiary/aromatic N) is 1. The molecule has 0 aliphatic heterocycles. The Labute approximate surface area is 70.4 Å². The van der Waals surface area contributed by atoms with Gasteiger partial charge in [-0.15, -0.1) is 0 Å². The fourth-order valence-corrected chi connectivity index (χ4v) is 1.10. The average Bonchev–Trinajstić information content (AvgIpc) is 1.85. The summed E-state index contributed by atoms with van der Waals surface area (Å²) < 4.78 is 0.117. The first kappa shape index (κ1) is 10.9. The quantitative estimate of drug-likeness (QED) is 0.359. The summed E-state index contributed by atoms with van der Waals surface area (Å²) in [7, 11) is 3.64. The Bertz CT molecular complexity index is 86.1. The highest BCUT2D eigenvalue weighted by Crippen LogP contribution is 2.04. The molecule has 1 N–H and O–H groups in total. The van der Waals surface area contributed by atoms with Gasteiger partial charge in [-0.3, -0.25) is 0 Å². The number of hydroxylamine groups is 3. The van der Waals surface area contributed by atoms with Gasteiger partial charge in [-0.05, 0) is 12.8 Å². The van der Waals surface area contributed by atoms with E-state index in [1.165, 1.54) is 25.7 Å².